The minimum atomic E-state index is -0.657. The molecular formula is C16H15FO3. The summed E-state index contributed by atoms with van der Waals surface area (Å²) in [6.07, 6.45) is -0.531. The zero-order valence-corrected chi connectivity index (χ0v) is 11.0. The van der Waals surface area contributed by atoms with Crippen LogP contribution in [0.5, 0.6) is 11.5 Å². The predicted octanol–water partition coefficient (Wildman–Crippen LogP) is 3.39. The van der Waals surface area contributed by atoms with Gasteiger partial charge < -0.3 is 14.6 Å². The molecule has 2 aromatic carbocycles. The van der Waals surface area contributed by atoms with Crippen LogP contribution in [-0.2, 0) is 0 Å². The first-order valence-electron chi connectivity index (χ1n) is 6.45. The Kier molecular flexibility index (Phi) is 3.32. The van der Waals surface area contributed by atoms with E-state index in [0.29, 0.717) is 17.7 Å². The molecule has 0 saturated carbocycles. The van der Waals surface area contributed by atoms with Crippen molar-refractivity contribution in [1.82, 2.24) is 0 Å². The lowest BCUT2D eigenvalue weighted by Gasteiger charge is -2.30. The van der Waals surface area contributed by atoms with Crippen molar-refractivity contribution in [3.63, 3.8) is 0 Å². The molecule has 20 heavy (non-hydrogen) atoms. The fourth-order valence-electron chi connectivity index (χ4n) is 2.46. The highest BCUT2D eigenvalue weighted by Crippen LogP contribution is 2.41. The minimum absolute atomic E-state index is 0.311. The van der Waals surface area contributed by atoms with Crippen LogP contribution in [0.4, 0.5) is 4.39 Å². The normalized spacial score (nSPS) is 20.9. The first kappa shape index (κ1) is 12.9. The number of halogens is 1. The lowest BCUT2D eigenvalue weighted by molar-refractivity contribution is 0.0652. The second-order valence-corrected chi connectivity index (χ2v) is 4.82. The molecule has 0 aromatic heterocycles. The van der Waals surface area contributed by atoms with E-state index < -0.39 is 6.10 Å². The number of fused-ring (bicyclic) bond motifs is 1. The van der Waals surface area contributed by atoms with E-state index in [1.54, 1.807) is 13.2 Å². The van der Waals surface area contributed by atoms with Crippen LogP contribution in [-0.4, -0.2) is 12.2 Å². The van der Waals surface area contributed by atoms with Gasteiger partial charge in [0, 0.05) is 18.1 Å². The first-order chi connectivity index (χ1) is 9.67. The van der Waals surface area contributed by atoms with E-state index in [1.807, 2.05) is 24.3 Å². The van der Waals surface area contributed by atoms with E-state index in [2.05, 4.69) is 0 Å². The van der Waals surface area contributed by atoms with Gasteiger partial charge in [0.15, 0.2) is 0 Å². The number of hydrogen-bond acceptors (Lipinski definition) is 3. The fraction of sp³-hybridized carbons (Fsp3) is 0.250. The van der Waals surface area contributed by atoms with Gasteiger partial charge in [-0.2, -0.15) is 0 Å². The summed E-state index contributed by atoms with van der Waals surface area (Å²) in [6, 6.07) is 11.7. The molecule has 1 N–H and O–H groups in total. The van der Waals surface area contributed by atoms with Gasteiger partial charge in [0.25, 0.3) is 0 Å². The molecule has 0 radical (unpaired) electrons. The third-order valence-corrected chi connectivity index (χ3v) is 3.51. The molecule has 0 aliphatic carbocycles. The van der Waals surface area contributed by atoms with Crippen LogP contribution >= 0.6 is 0 Å². The monoisotopic (exact) mass is 274 g/mol. The standard InChI is InChI=1S/C16H15FO3/c1-19-12-4-2-3-10(7-12)15-9-14(18)13-6-5-11(17)8-16(13)20-15/h2-8,14-15,18H,9H2,1H3/t14-,15?/m0/s1. The van der Waals surface area contributed by atoms with Crippen molar-refractivity contribution in [3.05, 3.63) is 59.4 Å². The lowest BCUT2D eigenvalue weighted by atomic mass is 9.95. The topological polar surface area (TPSA) is 38.7 Å². The zero-order chi connectivity index (χ0) is 14.1. The summed E-state index contributed by atoms with van der Waals surface area (Å²) in [5.74, 6) is 0.754. The molecule has 4 heteroatoms. The van der Waals surface area contributed by atoms with Crippen LogP contribution < -0.4 is 9.47 Å². The van der Waals surface area contributed by atoms with Crippen LogP contribution in [0, 0.1) is 5.82 Å². The molecule has 0 spiro atoms. The van der Waals surface area contributed by atoms with Gasteiger partial charge in [0.1, 0.15) is 23.4 Å². The number of methoxy groups -OCH3 is 1. The van der Waals surface area contributed by atoms with Crippen LogP contribution in [0.25, 0.3) is 0 Å². The van der Waals surface area contributed by atoms with Crippen molar-refractivity contribution in [2.75, 3.05) is 7.11 Å². The summed E-state index contributed by atoms with van der Waals surface area (Å²) < 4.78 is 24.3. The van der Waals surface area contributed by atoms with Crippen molar-refractivity contribution in [1.29, 1.82) is 0 Å². The predicted molar refractivity (Wildman–Crippen MR) is 72.3 cm³/mol. The minimum Gasteiger partial charge on any atom is -0.497 e. The van der Waals surface area contributed by atoms with Gasteiger partial charge >= 0.3 is 0 Å². The lowest BCUT2D eigenvalue weighted by Crippen LogP contribution is -2.19. The number of rotatable bonds is 2. The Balaban J connectivity index is 1.94. The summed E-state index contributed by atoms with van der Waals surface area (Å²) in [5, 5.41) is 10.2. The molecule has 104 valence electrons. The van der Waals surface area contributed by atoms with Gasteiger partial charge in [-0.05, 0) is 29.8 Å². The average molecular weight is 274 g/mol. The molecule has 1 aliphatic heterocycles. The molecule has 1 heterocycles. The molecule has 3 rings (SSSR count). The Bertz CT molecular complexity index is 627. The van der Waals surface area contributed by atoms with Crippen LogP contribution in [0.1, 0.15) is 29.8 Å². The number of aliphatic hydroxyl groups is 1. The van der Waals surface area contributed by atoms with Crippen LogP contribution in [0.3, 0.4) is 0 Å². The Morgan fingerprint density at radius 3 is 2.90 bits per heavy atom. The molecule has 0 saturated heterocycles. The largest absolute Gasteiger partial charge is 0.497 e. The van der Waals surface area contributed by atoms with E-state index in [4.69, 9.17) is 9.47 Å². The third kappa shape index (κ3) is 2.34. The van der Waals surface area contributed by atoms with Crippen molar-refractivity contribution in [3.8, 4) is 11.5 Å². The Morgan fingerprint density at radius 1 is 1.25 bits per heavy atom. The third-order valence-electron chi connectivity index (χ3n) is 3.51. The summed E-state index contributed by atoms with van der Waals surface area (Å²) in [5.41, 5.74) is 1.53. The van der Waals surface area contributed by atoms with Gasteiger partial charge in [-0.1, -0.05) is 12.1 Å². The Hall–Kier alpha value is -2.07. The Labute approximate surface area is 116 Å². The number of hydrogen-bond donors (Lipinski definition) is 1. The zero-order valence-electron chi connectivity index (χ0n) is 11.0. The van der Waals surface area contributed by atoms with Gasteiger partial charge in [-0.3, -0.25) is 0 Å². The van der Waals surface area contributed by atoms with E-state index in [9.17, 15) is 9.50 Å². The Morgan fingerprint density at radius 2 is 2.10 bits per heavy atom. The van der Waals surface area contributed by atoms with Crippen molar-refractivity contribution in [2.45, 2.75) is 18.6 Å². The van der Waals surface area contributed by atoms with Gasteiger partial charge in [0.05, 0.1) is 13.2 Å². The summed E-state index contributed by atoms with van der Waals surface area (Å²) >= 11 is 0. The van der Waals surface area contributed by atoms with Crippen molar-refractivity contribution < 1.29 is 19.0 Å². The second-order valence-electron chi connectivity index (χ2n) is 4.82. The maximum absolute atomic E-state index is 13.3. The molecule has 0 bridgehead atoms. The molecule has 1 aliphatic rings. The molecule has 2 aromatic rings. The molecule has 0 fully saturated rings. The molecule has 3 nitrogen and oxygen atoms in total. The van der Waals surface area contributed by atoms with Gasteiger partial charge in [0.2, 0.25) is 0 Å². The first-order valence-corrected chi connectivity index (χ1v) is 6.45. The summed E-state index contributed by atoms with van der Waals surface area (Å²) in [6.45, 7) is 0. The maximum Gasteiger partial charge on any atom is 0.128 e. The second kappa shape index (κ2) is 5.13. The van der Waals surface area contributed by atoms with E-state index >= 15 is 0 Å². The number of benzene rings is 2. The summed E-state index contributed by atoms with van der Waals surface area (Å²) in [7, 11) is 1.60. The van der Waals surface area contributed by atoms with Crippen molar-refractivity contribution in [2.24, 2.45) is 0 Å². The van der Waals surface area contributed by atoms with E-state index in [0.717, 1.165) is 11.3 Å². The van der Waals surface area contributed by atoms with Crippen LogP contribution in [0.2, 0.25) is 0 Å². The number of ether oxygens (including phenoxy) is 2. The van der Waals surface area contributed by atoms with Gasteiger partial charge in [-0.15, -0.1) is 0 Å². The maximum atomic E-state index is 13.3. The van der Waals surface area contributed by atoms with E-state index in [1.165, 1.54) is 12.1 Å². The highest BCUT2D eigenvalue weighted by Gasteiger charge is 2.28. The molecule has 1 unspecified atom stereocenters. The van der Waals surface area contributed by atoms with Gasteiger partial charge in [-0.25, -0.2) is 4.39 Å². The highest BCUT2D eigenvalue weighted by atomic mass is 19.1. The molecule has 0 amide bonds. The fourth-order valence-corrected chi connectivity index (χ4v) is 2.46. The SMILES string of the molecule is COc1cccc(C2C[C@H](O)c3ccc(F)cc3O2)c1. The number of aliphatic hydroxyl groups excluding tert-OH is 1. The average Bonchev–Trinajstić information content (AvgIpc) is 2.46. The van der Waals surface area contributed by atoms with E-state index in [-0.39, 0.29) is 11.9 Å². The van der Waals surface area contributed by atoms with Crippen molar-refractivity contribution >= 4 is 0 Å². The molecule has 2 atom stereocenters. The quantitative estimate of drug-likeness (QED) is 0.912. The highest BCUT2D eigenvalue weighted by molar-refractivity contribution is 5.39. The summed E-state index contributed by atoms with van der Waals surface area (Å²) in [4.78, 5) is 0. The van der Waals surface area contributed by atoms with Crippen LogP contribution in [0.15, 0.2) is 42.5 Å². The molecular weight excluding hydrogens is 259 g/mol. The smallest absolute Gasteiger partial charge is 0.128 e.